The van der Waals surface area contributed by atoms with Crippen LogP contribution in [0.25, 0.3) is 0 Å². The van der Waals surface area contributed by atoms with Crippen molar-refractivity contribution >= 4 is 0 Å². The van der Waals surface area contributed by atoms with Gasteiger partial charge in [-0.15, -0.1) is 0 Å². The average molecular weight is 187 g/mol. The molecule has 1 rings (SSSR count). The van der Waals surface area contributed by atoms with Crippen molar-refractivity contribution in [1.29, 1.82) is 0 Å². The number of hydrogen-bond donors (Lipinski definition) is 1. The van der Waals surface area contributed by atoms with Crippen molar-refractivity contribution in [3.63, 3.8) is 0 Å². The minimum Gasteiger partial charge on any atom is -0.385 e. The van der Waals surface area contributed by atoms with E-state index in [4.69, 9.17) is 9.47 Å². The molecule has 1 saturated heterocycles. The Balaban J connectivity index is 1.93. The summed E-state index contributed by atoms with van der Waals surface area (Å²) in [7, 11) is 1.75. The second-order valence-corrected chi connectivity index (χ2v) is 3.63. The lowest BCUT2D eigenvalue weighted by Gasteiger charge is -2.15. The van der Waals surface area contributed by atoms with Crippen molar-refractivity contribution in [2.75, 3.05) is 26.9 Å². The summed E-state index contributed by atoms with van der Waals surface area (Å²) < 4.78 is 10.4. The first-order chi connectivity index (χ1) is 6.34. The number of hydrogen-bond acceptors (Lipinski definition) is 3. The van der Waals surface area contributed by atoms with E-state index in [9.17, 15) is 0 Å². The maximum absolute atomic E-state index is 5.46. The van der Waals surface area contributed by atoms with Gasteiger partial charge in [0.15, 0.2) is 0 Å². The van der Waals surface area contributed by atoms with Crippen LogP contribution in [-0.2, 0) is 9.47 Å². The van der Waals surface area contributed by atoms with Gasteiger partial charge < -0.3 is 14.8 Å². The van der Waals surface area contributed by atoms with Gasteiger partial charge in [0.1, 0.15) is 0 Å². The van der Waals surface area contributed by atoms with Gasteiger partial charge >= 0.3 is 0 Å². The van der Waals surface area contributed by atoms with Crippen LogP contribution in [0.2, 0.25) is 0 Å². The van der Waals surface area contributed by atoms with Gasteiger partial charge in [0.25, 0.3) is 0 Å². The molecule has 13 heavy (non-hydrogen) atoms. The van der Waals surface area contributed by atoms with E-state index in [1.54, 1.807) is 7.11 Å². The third-order valence-electron chi connectivity index (χ3n) is 2.56. The number of ether oxygens (including phenoxy) is 2. The molecule has 1 aliphatic heterocycles. The summed E-state index contributed by atoms with van der Waals surface area (Å²) in [6.07, 6.45) is 3.89. The van der Waals surface area contributed by atoms with Crippen LogP contribution < -0.4 is 5.32 Å². The summed E-state index contributed by atoms with van der Waals surface area (Å²) in [5.41, 5.74) is 0. The van der Waals surface area contributed by atoms with E-state index >= 15 is 0 Å². The van der Waals surface area contributed by atoms with Crippen LogP contribution in [0.4, 0.5) is 0 Å². The molecule has 2 unspecified atom stereocenters. The SMILES string of the molecule is COCCCCNC1CCOC1C. The summed E-state index contributed by atoms with van der Waals surface area (Å²) in [5.74, 6) is 0. The molecule has 0 saturated carbocycles. The molecule has 3 heteroatoms. The fourth-order valence-electron chi connectivity index (χ4n) is 1.66. The zero-order chi connectivity index (χ0) is 9.52. The number of methoxy groups -OCH3 is 1. The minimum absolute atomic E-state index is 0.391. The monoisotopic (exact) mass is 187 g/mol. The molecule has 2 atom stereocenters. The van der Waals surface area contributed by atoms with Gasteiger partial charge in [-0.25, -0.2) is 0 Å². The third-order valence-corrected chi connectivity index (χ3v) is 2.56. The summed E-state index contributed by atoms with van der Waals surface area (Å²) in [6, 6.07) is 0.572. The molecule has 0 aromatic rings. The van der Waals surface area contributed by atoms with Gasteiger partial charge in [-0.05, 0) is 32.7 Å². The van der Waals surface area contributed by atoms with E-state index in [-0.39, 0.29) is 0 Å². The summed E-state index contributed by atoms with van der Waals surface area (Å²) in [6.45, 7) is 5.01. The van der Waals surface area contributed by atoms with Crippen molar-refractivity contribution in [1.82, 2.24) is 5.32 Å². The van der Waals surface area contributed by atoms with E-state index in [1.807, 2.05) is 0 Å². The van der Waals surface area contributed by atoms with Crippen LogP contribution in [0.5, 0.6) is 0 Å². The summed E-state index contributed by atoms with van der Waals surface area (Å²) in [4.78, 5) is 0. The molecule has 1 aliphatic rings. The van der Waals surface area contributed by atoms with E-state index in [0.29, 0.717) is 12.1 Å². The van der Waals surface area contributed by atoms with E-state index in [2.05, 4.69) is 12.2 Å². The Hall–Kier alpha value is -0.120. The van der Waals surface area contributed by atoms with Gasteiger partial charge in [-0.1, -0.05) is 0 Å². The maximum atomic E-state index is 5.46. The van der Waals surface area contributed by atoms with Crippen LogP contribution in [0.15, 0.2) is 0 Å². The molecule has 0 bridgehead atoms. The highest BCUT2D eigenvalue weighted by Gasteiger charge is 2.22. The Bertz CT molecular complexity index is 130. The van der Waals surface area contributed by atoms with Crippen LogP contribution in [0.1, 0.15) is 26.2 Å². The Labute approximate surface area is 80.8 Å². The topological polar surface area (TPSA) is 30.5 Å². The maximum Gasteiger partial charge on any atom is 0.0700 e. The Morgan fingerprint density at radius 1 is 1.46 bits per heavy atom. The van der Waals surface area contributed by atoms with Crippen molar-refractivity contribution < 1.29 is 9.47 Å². The molecule has 78 valence electrons. The van der Waals surface area contributed by atoms with E-state index in [0.717, 1.165) is 32.6 Å². The molecular formula is C10H21NO2. The van der Waals surface area contributed by atoms with Crippen LogP contribution >= 0.6 is 0 Å². The van der Waals surface area contributed by atoms with Gasteiger partial charge in [-0.2, -0.15) is 0 Å². The second-order valence-electron chi connectivity index (χ2n) is 3.63. The molecule has 0 aliphatic carbocycles. The highest BCUT2D eigenvalue weighted by Crippen LogP contribution is 2.12. The highest BCUT2D eigenvalue weighted by molar-refractivity contribution is 4.78. The van der Waals surface area contributed by atoms with Crippen molar-refractivity contribution in [2.24, 2.45) is 0 Å². The zero-order valence-electron chi connectivity index (χ0n) is 8.71. The van der Waals surface area contributed by atoms with Gasteiger partial charge in [-0.3, -0.25) is 0 Å². The first-order valence-corrected chi connectivity index (χ1v) is 5.18. The first kappa shape index (κ1) is 11.0. The smallest absolute Gasteiger partial charge is 0.0700 e. The number of unbranched alkanes of at least 4 members (excludes halogenated alkanes) is 1. The van der Waals surface area contributed by atoms with E-state index < -0.39 is 0 Å². The fourth-order valence-corrected chi connectivity index (χ4v) is 1.66. The predicted molar refractivity (Wildman–Crippen MR) is 52.9 cm³/mol. The van der Waals surface area contributed by atoms with Gasteiger partial charge in [0, 0.05) is 26.4 Å². The minimum atomic E-state index is 0.391. The van der Waals surface area contributed by atoms with Crippen molar-refractivity contribution in [3.05, 3.63) is 0 Å². The number of nitrogens with one attached hydrogen (secondary N) is 1. The van der Waals surface area contributed by atoms with Crippen molar-refractivity contribution in [3.8, 4) is 0 Å². The summed E-state index contributed by atoms with van der Waals surface area (Å²) in [5, 5.41) is 3.51. The normalized spacial score (nSPS) is 28.2. The lowest BCUT2D eigenvalue weighted by molar-refractivity contribution is 0.113. The standard InChI is InChI=1S/C10H21NO2/c1-9-10(5-8-13-9)11-6-3-4-7-12-2/h9-11H,3-8H2,1-2H3. The fraction of sp³-hybridized carbons (Fsp3) is 1.00. The summed E-state index contributed by atoms with van der Waals surface area (Å²) >= 11 is 0. The largest absolute Gasteiger partial charge is 0.385 e. The Morgan fingerprint density at radius 2 is 2.31 bits per heavy atom. The second kappa shape index (κ2) is 6.35. The quantitative estimate of drug-likeness (QED) is 0.633. The molecule has 1 fully saturated rings. The molecule has 0 aromatic heterocycles. The molecule has 0 amide bonds. The predicted octanol–water partition coefficient (Wildman–Crippen LogP) is 1.18. The molecule has 1 heterocycles. The Kier molecular flexibility index (Phi) is 5.35. The van der Waals surface area contributed by atoms with Crippen LogP contribution in [0, 0.1) is 0 Å². The van der Waals surface area contributed by atoms with Crippen molar-refractivity contribution in [2.45, 2.75) is 38.3 Å². The molecule has 1 N–H and O–H groups in total. The number of rotatable bonds is 6. The average Bonchev–Trinajstić information content (AvgIpc) is 2.52. The molecule has 0 radical (unpaired) electrons. The Morgan fingerprint density at radius 3 is 2.92 bits per heavy atom. The molecule has 3 nitrogen and oxygen atoms in total. The van der Waals surface area contributed by atoms with Crippen LogP contribution in [0.3, 0.4) is 0 Å². The molecule has 0 spiro atoms. The van der Waals surface area contributed by atoms with Gasteiger partial charge in [0.2, 0.25) is 0 Å². The highest BCUT2D eigenvalue weighted by atomic mass is 16.5. The van der Waals surface area contributed by atoms with E-state index in [1.165, 1.54) is 6.42 Å². The molecular weight excluding hydrogens is 166 g/mol. The van der Waals surface area contributed by atoms with Gasteiger partial charge in [0.05, 0.1) is 6.10 Å². The third kappa shape index (κ3) is 4.07. The zero-order valence-corrected chi connectivity index (χ0v) is 8.71. The molecule has 0 aromatic carbocycles. The lowest BCUT2D eigenvalue weighted by atomic mass is 10.1. The first-order valence-electron chi connectivity index (χ1n) is 5.18. The van der Waals surface area contributed by atoms with Crippen LogP contribution in [-0.4, -0.2) is 39.0 Å². The lowest BCUT2D eigenvalue weighted by Crippen LogP contribution is -2.35.